The fraction of sp³-hybridized carbons (Fsp3) is 0.522. The molecule has 0 heterocycles. The average molecular weight is 1030 g/mol. The van der Waals surface area contributed by atoms with Gasteiger partial charge in [0.2, 0.25) is 0 Å². The van der Waals surface area contributed by atoms with E-state index in [9.17, 15) is 14.4 Å². The molecule has 75 heavy (non-hydrogen) atoms. The molecule has 0 aromatic heterocycles. The van der Waals surface area contributed by atoms with Gasteiger partial charge in [0.15, 0.2) is 6.10 Å². The van der Waals surface area contributed by atoms with E-state index in [-0.39, 0.29) is 38.0 Å². The van der Waals surface area contributed by atoms with E-state index in [1.165, 1.54) is 32.1 Å². The molecule has 6 nitrogen and oxygen atoms in total. The first-order valence-electron chi connectivity index (χ1n) is 29.3. The van der Waals surface area contributed by atoms with Gasteiger partial charge in [0.1, 0.15) is 13.2 Å². The van der Waals surface area contributed by atoms with Crippen LogP contribution < -0.4 is 0 Å². The molecular weight excluding hydrogens is 925 g/mol. The van der Waals surface area contributed by atoms with E-state index in [1.54, 1.807) is 6.08 Å². The Morgan fingerprint density at radius 1 is 0.280 bits per heavy atom. The molecule has 0 amide bonds. The number of hydrogen-bond acceptors (Lipinski definition) is 6. The van der Waals surface area contributed by atoms with E-state index >= 15 is 0 Å². The summed E-state index contributed by atoms with van der Waals surface area (Å²) in [6.07, 6.45) is 92.0. The van der Waals surface area contributed by atoms with Gasteiger partial charge in [0.05, 0.1) is 6.42 Å². The molecule has 0 bridgehead atoms. The highest BCUT2D eigenvalue weighted by Gasteiger charge is 2.19. The Kier molecular flexibility index (Phi) is 56.6. The summed E-state index contributed by atoms with van der Waals surface area (Å²) in [6.45, 7) is 6.14. The van der Waals surface area contributed by atoms with Crippen molar-refractivity contribution in [2.75, 3.05) is 13.2 Å². The van der Waals surface area contributed by atoms with Crippen LogP contribution in [-0.2, 0) is 28.6 Å². The zero-order valence-corrected chi connectivity index (χ0v) is 47.5. The predicted octanol–water partition coefficient (Wildman–Crippen LogP) is 20.1. The number of carbonyl (C=O) groups is 3. The topological polar surface area (TPSA) is 78.9 Å². The lowest BCUT2D eigenvalue weighted by Crippen LogP contribution is -2.30. The summed E-state index contributed by atoms with van der Waals surface area (Å²) in [6, 6.07) is 0. The summed E-state index contributed by atoms with van der Waals surface area (Å²) in [4.78, 5) is 38.1. The summed E-state index contributed by atoms with van der Waals surface area (Å²) >= 11 is 0. The minimum absolute atomic E-state index is 0.0761. The highest BCUT2D eigenvalue weighted by molar-refractivity contribution is 5.72. The van der Waals surface area contributed by atoms with Gasteiger partial charge < -0.3 is 14.2 Å². The standard InChI is InChI=1S/C69H104O6/c1-4-7-10-13-16-19-22-25-28-29-30-31-32-33-34-35-36-37-38-39-42-44-47-50-53-56-59-62-68(71)74-65-66(75-69(72)63-60-57-54-51-48-45-41-27-24-21-18-15-12-9-6-3)64-73-67(70)61-58-55-52-49-46-43-40-26-23-20-17-14-11-8-5-2/h7-12,16-21,25-28,30-31,33-34,36-37,40-41,46,48-49,51,57,60,66H,4-6,13-15,22-24,29,32,35,38-39,42-45,47,50,52-56,58-59,61-65H2,1-3H3/b10-7-,11-8-,12-9-,19-16-,20-17-,21-18-,28-25-,31-30-,34-33-,37-36-,40-26-,41-27-,49-46-,51-48-,60-57-. The van der Waals surface area contributed by atoms with Crippen LogP contribution >= 0.6 is 0 Å². The molecule has 0 aliphatic rings. The van der Waals surface area contributed by atoms with E-state index in [4.69, 9.17) is 14.2 Å². The molecule has 0 aromatic rings. The molecule has 0 saturated carbocycles. The quantitative estimate of drug-likeness (QED) is 0.0261. The molecule has 416 valence electrons. The third-order valence-corrected chi connectivity index (χ3v) is 11.4. The molecule has 0 aliphatic carbocycles. The highest BCUT2D eigenvalue weighted by Crippen LogP contribution is 2.13. The van der Waals surface area contributed by atoms with Crippen LogP contribution in [0.1, 0.15) is 213 Å². The molecule has 0 spiro atoms. The lowest BCUT2D eigenvalue weighted by atomic mass is 10.1. The van der Waals surface area contributed by atoms with E-state index in [2.05, 4.69) is 191 Å². The SMILES string of the molecule is CC/C=C\C/C=C\C/C=C\C/C=C\C/C=C\C/C=C\CCCCCCCCCCC(=O)OCC(COC(=O)CCCC/C=C\C/C=C\C/C=C\C/C=C\CC)OC(=O)C/C=C\C/C=C\C/C=C\C/C=C\C/C=C\CC. The van der Waals surface area contributed by atoms with E-state index in [0.717, 1.165) is 128 Å². The maximum atomic E-state index is 12.8. The normalized spacial score (nSPS) is 13.5. The van der Waals surface area contributed by atoms with Crippen LogP contribution in [0.4, 0.5) is 0 Å². The van der Waals surface area contributed by atoms with Crippen molar-refractivity contribution in [3.8, 4) is 0 Å². The monoisotopic (exact) mass is 1030 g/mol. The zero-order chi connectivity index (χ0) is 54.3. The molecular formula is C69H104O6. The van der Waals surface area contributed by atoms with Crippen LogP contribution in [0.2, 0.25) is 0 Å². The van der Waals surface area contributed by atoms with E-state index in [1.807, 2.05) is 6.08 Å². The minimum atomic E-state index is -0.864. The summed E-state index contributed by atoms with van der Waals surface area (Å²) in [7, 11) is 0. The fourth-order valence-electron chi connectivity index (χ4n) is 7.16. The van der Waals surface area contributed by atoms with Crippen LogP contribution in [0.25, 0.3) is 0 Å². The van der Waals surface area contributed by atoms with Crippen LogP contribution in [0.15, 0.2) is 182 Å². The Bertz CT molecular complexity index is 1800. The molecule has 1 atom stereocenters. The number of esters is 3. The first-order valence-corrected chi connectivity index (χ1v) is 29.3. The van der Waals surface area contributed by atoms with E-state index < -0.39 is 12.1 Å². The van der Waals surface area contributed by atoms with Gasteiger partial charge in [0, 0.05) is 12.8 Å². The molecule has 0 aromatic carbocycles. The van der Waals surface area contributed by atoms with Crippen molar-refractivity contribution >= 4 is 17.9 Å². The largest absolute Gasteiger partial charge is 0.462 e. The van der Waals surface area contributed by atoms with Gasteiger partial charge in [-0.25, -0.2) is 0 Å². The fourth-order valence-corrected chi connectivity index (χ4v) is 7.16. The molecule has 0 radical (unpaired) electrons. The number of carbonyl (C=O) groups excluding carboxylic acids is 3. The maximum Gasteiger partial charge on any atom is 0.310 e. The molecule has 0 saturated heterocycles. The van der Waals surface area contributed by atoms with Gasteiger partial charge in [-0.3, -0.25) is 14.4 Å². The molecule has 0 aliphatic heterocycles. The van der Waals surface area contributed by atoms with Gasteiger partial charge >= 0.3 is 17.9 Å². The summed E-state index contributed by atoms with van der Waals surface area (Å²) in [5, 5.41) is 0. The number of ether oxygens (including phenoxy) is 3. The van der Waals surface area contributed by atoms with Crippen molar-refractivity contribution in [3.05, 3.63) is 182 Å². The third-order valence-electron chi connectivity index (χ3n) is 11.4. The second kappa shape index (κ2) is 61.1. The number of unbranched alkanes of at least 4 members (excludes halogenated alkanes) is 10. The van der Waals surface area contributed by atoms with Crippen LogP contribution in [-0.4, -0.2) is 37.2 Å². The summed E-state index contributed by atoms with van der Waals surface area (Å²) in [5.41, 5.74) is 0. The van der Waals surface area contributed by atoms with Gasteiger partial charge in [-0.15, -0.1) is 0 Å². The van der Waals surface area contributed by atoms with Crippen molar-refractivity contribution < 1.29 is 28.6 Å². The van der Waals surface area contributed by atoms with Crippen LogP contribution in [0, 0.1) is 0 Å². The lowest BCUT2D eigenvalue weighted by molar-refractivity contribution is -0.166. The summed E-state index contributed by atoms with van der Waals surface area (Å²) in [5.74, 6) is -1.14. The Morgan fingerprint density at radius 3 is 0.840 bits per heavy atom. The first-order chi connectivity index (χ1) is 37.0. The molecule has 0 rings (SSSR count). The lowest BCUT2D eigenvalue weighted by Gasteiger charge is -2.18. The third kappa shape index (κ3) is 59.3. The summed E-state index contributed by atoms with van der Waals surface area (Å²) < 4.78 is 16.7. The Balaban J connectivity index is 4.50. The van der Waals surface area contributed by atoms with E-state index in [0.29, 0.717) is 19.3 Å². The smallest absolute Gasteiger partial charge is 0.310 e. The molecule has 0 N–H and O–H groups in total. The van der Waals surface area contributed by atoms with Crippen LogP contribution in [0.5, 0.6) is 0 Å². The molecule has 6 heteroatoms. The Labute approximate surface area is 459 Å². The second-order valence-corrected chi connectivity index (χ2v) is 18.4. The zero-order valence-electron chi connectivity index (χ0n) is 47.5. The number of rotatable bonds is 50. The highest BCUT2D eigenvalue weighted by atomic mass is 16.6. The molecule has 0 fully saturated rings. The average Bonchev–Trinajstić information content (AvgIpc) is 3.41. The van der Waals surface area contributed by atoms with Crippen LogP contribution in [0.3, 0.4) is 0 Å². The van der Waals surface area contributed by atoms with Crippen molar-refractivity contribution in [3.63, 3.8) is 0 Å². The minimum Gasteiger partial charge on any atom is -0.462 e. The van der Waals surface area contributed by atoms with Gasteiger partial charge in [-0.2, -0.15) is 0 Å². The Morgan fingerprint density at radius 2 is 0.520 bits per heavy atom. The first kappa shape index (κ1) is 69.5. The molecule has 1 unspecified atom stereocenters. The van der Waals surface area contributed by atoms with Gasteiger partial charge in [-0.1, -0.05) is 242 Å². The van der Waals surface area contributed by atoms with Crippen molar-refractivity contribution in [1.82, 2.24) is 0 Å². The van der Waals surface area contributed by atoms with Crippen molar-refractivity contribution in [2.45, 2.75) is 219 Å². The Hall–Kier alpha value is -5.49. The van der Waals surface area contributed by atoms with Crippen molar-refractivity contribution in [2.24, 2.45) is 0 Å². The second-order valence-electron chi connectivity index (χ2n) is 18.4. The number of allylic oxidation sites excluding steroid dienone is 29. The number of hydrogen-bond donors (Lipinski definition) is 0. The van der Waals surface area contributed by atoms with Gasteiger partial charge in [-0.05, 0) is 135 Å². The predicted molar refractivity (Wildman–Crippen MR) is 324 cm³/mol. The van der Waals surface area contributed by atoms with Gasteiger partial charge in [0.25, 0.3) is 0 Å². The van der Waals surface area contributed by atoms with Crippen molar-refractivity contribution in [1.29, 1.82) is 0 Å². The maximum absolute atomic E-state index is 12.8.